The van der Waals surface area contributed by atoms with Gasteiger partial charge in [-0.25, -0.2) is 0 Å². The summed E-state index contributed by atoms with van der Waals surface area (Å²) in [5.41, 5.74) is 38.7. The molecule has 0 saturated heterocycles. The third-order valence-electron chi connectivity index (χ3n) is 25.6. The van der Waals surface area contributed by atoms with Crippen molar-refractivity contribution in [2.45, 2.75) is 17.8 Å². The van der Waals surface area contributed by atoms with Crippen LogP contribution in [0.25, 0.3) is 123 Å². The summed E-state index contributed by atoms with van der Waals surface area (Å²) in [5, 5.41) is 0.601. The summed E-state index contributed by atoms with van der Waals surface area (Å²) in [6.07, 6.45) is 29.5. The highest BCUT2D eigenvalue weighted by Crippen LogP contribution is 2.69. The van der Waals surface area contributed by atoms with E-state index in [0.29, 0.717) is 5.02 Å². The number of benzene rings is 10. The van der Waals surface area contributed by atoms with Gasteiger partial charge in [0.2, 0.25) is 0 Å². The highest BCUT2D eigenvalue weighted by molar-refractivity contribution is 6.30. The fourth-order valence-corrected chi connectivity index (χ4v) is 20.4. The van der Waals surface area contributed by atoms with Crippen LogP contribution >= 0.6 is 11.6 Å². The molecule has 10 aromatic heterocycles. The zero-order chi connectivity index (χ0) is 85.0. The van der Waals surface area contributed by atoms with E-state index in [1.165, 1.54) is 50.1 Å². The second kappa shape index (κ2) is 30.6. The Bertz CT molecular complexity index is 7710. The largest absolute Gasteiger partial charge is 0.452 e. The number of anilines is 6. The molecule has 0 radical (unpaired) electrons. The molecule has 2 atom stereocenters. The minimum absolute atomic E-state index is 0.601. The molecule has 2 unspecified atom stereocenters. The number of hydrogen-bond donors (Lipinski definition) is 0. The number of halogens is 1. The first-order valence-corrected chi connectivity index (χ1v) is 42.9. The first-order chi connectivity index (χ1) is 63.3. The van der Waals surface area contributed by atoms with Crippen molar-refractivity contribution in [1.29, 1.82) is 0 Å². The Hall–Kier alpha value is -16.8. The maximum Gasteiger partial charge on any atom is 0.159 e. The summed E-state index contributed by atoms with van der Waals surface area (Å²) in [7, 11) is 0. The van der Waals surface area contributed by atoms with Crippen molar-refractivity contribution in [3.05, 3.63) is 470 Å². The zero-order valence-corrected chi connectivity index (χ0v) is 69.6. The number of nitrogens with zero attached hydrogens (tertiary/aromatic N) is 12. The Kier molecular flexibility index (Phi) is 17.9. The Labute approximate surface area is 743 Å². The summed E-state index contributed by atoms with van der Waals surface area (Å²) >= 11 is 6.62. The van der Waals surface area contributed by atoms with E-state index in [1.54, 1.807) is 6.20 Å². The van der Waals surface area contributed by atoms with Crippen LogP contribution < -0.4 is 19.3 Å². The van der Waals surface area contributed by atoms with Gasteiger partial charge in [0, 0.05) is 138 Å². The van der Waals surface area contributed by atoms with Gasteiger partial charge in [-0.15, -0.1) is 0 Å². The molecule has 0 saturated carbocycles. The maximum absolute atomic E-state index is 7.05. The molecule has 10 aromatic carbocycles. The van der Waals surface area contributed by atoms with Crippen LogP contribution in [0.5, 0.6) is 23.0 Å². The van der Waals surface area contributed by atoms with Crippen molar-refractivity contribution >= 4 is 45.7 Å². The molecule has 15 heteroatoms. The van der Waals surface area contributed by atoms with E-state index in [0.717, 1.165) is 180 Å². The standard InChI is InChI=1S/C56H34N6O.C34H19ClN4O.C23H18N2/c1-2-9-43(42(8-1)39-31-37(35-17-24-57-25-18-35)30-38(32-39)36-19-26-58-27-20-36)40-33-48-54(61-34-40)53-47(12-7-23-60-53)56(48)45-11-4-3-10-44(45)52-46(56)15-16-50-55(52)63-51-14-6-5-13-49(51)62(50)41-21-28-59-29-22-41;35-20-18-26-32(38-19-20)31-25(8-5-15-37-31)34(26)23-7-2-1-6-22(23)30-24(34)11-12-28-33(30)40-29-10-4-3-9-27(29)39(28)21-13-16-36-17-14-21;1-17-4-2-3-5-23(17)22-15-20(18-6-10-24-11-7-18)14-21(16-22)19-8-12-25-13-9-19/h1-34H;1-19H;2-16H,1H3. The number of ether oxygens (including phenoxy) is 2. The molecule has 0 amide bonds. The summed E-state index contributed by atoms with van der Waals surface area (Å²) in [6.45, 7) is 2.15. The Morgan fingerprint density at radius 3 is 1.03 bits per heavy atom. The van der Waals surface area contributed by atoms with Gasteiger partial charge in [0.05, 0.1) is 61.4 Å². The van der Waals surface area contributed by atoms with Gasteiger partial charge in [-0.3, -0.25) is 49.8 Å². The molecule has 14 nitrogen and oxygen atoms in total. The van der Waals surface area contributed by atoms with E-state index in [9.17, 15) is 0 Å². The average Bonchev–Trinajstić information content (AvgIpc) is 1.50. The molecule has 26 rings (SSSR count). The quantitative estimate of drug-likeness (QED) is 0.135. The SMILES string of the molecule is Cc1ccccc1-c1cc(-c2ccncc2)cc(-c2ccncc2)c1.Clc1cnc2c(c1)C1(c3ccccc3-c3c1ccc1c3Oc3ccccc3N1c1ccncc1)c1cccnc1-2.c1ccc2c(c1)Oc1c(ccc3c1-c1ccccc1C31c3cccnc3-c3ncc(-c4ccccc4-c4cc(-c5ccncc5)cc(-c5ccncc5)c4)cc31)N2c1ccncc1. The molecule has 128 heavy (non-hydrogen) atoms. The lowest BCUT2D eigenvalue weighted by atomic mass is 9.70. The van der Waals surface area contributed by atoms with Crippen LogP contribution in [0.1, 0.15) is 50.1 Å². The predicted molar refractivity (Wildman–Crippen MR) is 507 cm³/mol. The van der Waals surface area contributed by atoms with E-state index in [1.807, 2.05) is 178 Å². The summed E-state index contributed by atoms with van der Waals surface area (Å²) < 4.78 is 13.9. The van der Waals surface area contributed by atoms with Crippen molar-refractivity contribution < 1.29 is 9.47 Å². The summed E-state index contributed by atoms with van der Waals surface area (Å²) in [5.74, 6) is 3.24. The topological polar surface area (TPSA) is 154 Å². The number of pyridine rings is 10. The molecule has 4 aliphatic carbocycles. The molecule has 20 aromatic rings. The Morgan fingerprint density at radius 1 is 0.242 bits per heavy atom. The first-order valence-electron chi connectivity index (χ1n) is 42.5. The van der Waals surface area contributed by atoms with Gasteiger partial charge in [-0.2, -0.15) is 0 Å². The number of aromatic nitrogens is 10. The first kappa shape index (κ1) is 75.0. The number of aryl methyl sites for hydroxylation is 1. The lowest BCUT2D eigenvalue weighted by molar-refractivity contribution is 0.478. The number of fused-ring (bicyclic) bond motifs is 26. The lowest BCUT2D eigenvalue weighted by Crippen LogP contribution is -2.26. The fraction of sp³-hybridized carbons (Fsp3) is 0.0265. The molecular weight excluding hydrogens is 1590 g/mol. The minimum atomic E-state index is -0.713. The normalized spacial score (nSPS) is 14.6. The van der Waals surface area contributed by atoms with Gasteiger partial charge in [0.1, 0.15) is 0 Å². The van der Waals surface area contributed by atoms with Crippen molar-refractivity contribution in [2.24, 2.45) is 0 Å². The average molecular weight is 1660 g/mol. The zero-order valence-electron chi connectivity index (χ0n) is 68.8. The van der Waals surface area contributed by atoms with Crippen LogP contribution in [-0.2, 0) is 10.8 Å². The van der Waals surface area contributed by atoms with Crippen LogP contribution in [0.4, 0.5) is 34.1 Å². The number of para-hydroxylation sites is 4. The highest BCUT2D eigenvalue weighted by atomic mass is 35.5. The van der Waals surface area contributed by atoms with Gasteiger partial charge in [0.15, 0.2) is 23.0 Å². The molecule has 602 valence electrons. The molecule has 2 spiro atoms. The van der Waals surface area contributed by atoms with E-state index in [-0.39, 0.29) is 0 Å². The van der Waals surface area contributed by atoms with Crippen LogP contribution in [0.3, 0.4) is 0 Å². The second-order valence-corrected chi connectivity index (χ2v) is 32.8. The summed E-state index contributed by atoms with van der Waals surface area (Å²) in [4.78, 5) is 50.0. The van der Waals surface area contributed by atoms with Gasteiger partial charge < -0.3 is 19.3 Å². The third kappa shape index (κ3) is 11.9. The third-order valence-corrected chi connectivity index (χ3v) is 25.8. The second-order valence-electron chi connectivity index (χ2n) is 32.4. The Balaban J connectivity index is 0.000000119. The maximum atomic E-state index is 7.05. The minimum Gasteiger partial charge on any atom is -0.452 e. The van der Waals surface area contributed by atoms with Crippen LogP contribution in [0.2, 0.25) is 5.02 Å². The lowest BCUT2D eigenvalue weighted by Gasteiger charge is -2.35. The van der Waals surface area contributed by atoms with Crippen molar-refractivity contribution in [2.75, 3.05) is 9.80 Å². The van der Waals surface area contributed by atoms with E-state index < -0.39 is 10.8 Å². The molecule has 0 N–H and O–H groups in total. The molecule has 6 aliphatic rings. The molecule has 2 aliphatic heterocycles. The van der Waals surface area contributed by atoms with Crippen molar-refractivity contribution in [3.8, 4) is 146 Å². The van der Waals surface area contributed by atoms with Crippen LogP contribution in [0, 0.1) is 6.92 Å². The smallest absolute Gasteiger partial charge is 0.159 e. The van der Waals surface area contributed by atoms with E-state index >= 15 is 0 Å². The van der Waals surface area contributed by atoms with Crippen LogP contribution in [0.15, 0.2) is 415 Å². The van der Waals surface area contributed by atoms with Gasteiger partial charge in [0.25, 0.3) is 0 Å². The Morgan fingerprint density at radius 2 is 0.586 bits per heavy atom. The van der Waals surface area contributed by atoms with E-state index in [4.69, 9.17) is 41.0 Å². The van der Waals surface area contributed by atoms with Crippen LogP contribution in [-0.4, -0.2) is 49.8 Å². The van der Waals surface area contributed by atoms with Gasteiger partial charge in [-0.1, -0.05) is 157 Å². The van der Waals surface area contributed by atoms with E-state index in [2.05, 4.69) is 277 Å². The van der Waals surface area contributed by atoms with Gasteiger partial charge >= 0.3 is 0 Å². The molecular formula is C113H71ClN12O2. The van der Waals surface area contributed by atoms with Crippen molar-refractivity contribution in [1.82, 2.24) is 49.8 Å². The fourth-order valence-electron chi connectivity index (χ4n) is 20.2. The molecule has 0 bridgehead atoms. The van der Waals surface area contributed by atoms with Crippen molar-refractivity contribution in [3.63, 3.8) is 0 Å². The van der Waals surface area contributed by atoms with Gasteiger partial charge in [-0.05, 0) is 299 Å². The number of rotatable bonds is 9. The monoisotopic (exact) mass is 1660 g/mol. The molecule has 0 fully saturated rings. The predicted octanol–water partition coefficient (Wildman–Crippen LogP) is 27.5. The number of hydrogen-bond acceptors (Lipinski definition) is 14. The summed E-state index contributed by atoms with van der Waals surface area (Å²) in [6, 6.07) is 111. The highest BCUT2D eigenvalue weighted by Gasteiger charge is 2.57. The molecule has 12 heterocycles.